The second kappa shape index (κ2) is 7.54. The van der Waals surface area contributed by atoms with E-state index in [0.717, 1.165) is 24.8 Å². The minimum Gasteiger partial charge on any atom is -0.362 e. The maximum atomic E-state index is 13.0. The van der Waals surface area contributed by atoms with Crippen LogP contribution in [-0.4, -0.2) is 30.8 Å². The van der Waals surface area contributed by atoms with Gasteiger partial charge in [0.2, 0.25) is 10.0 Å². The van der Waals surface area contributed by atoms with Gasteiger partial charge in [-0.3, -0.25) is 0 Å². The molecular weight excluding hydrogens is 334 g/mol. The van der Waals surface area contributed by atoms with E-state index in [2.05, 4.69) is 29.4 Å². The van der Waals surface area contributed by atoms with Gasteiger partial charge in [0.25, 0.3) is 0 Å². The largest absolute Gasteiger partial charge is 0.362 e. The average Bonchev–Trinajstić information content (AvgIpc) is 2.63. The van der Waals surface area contributed by atoms with Crippen molar-refractivity contribution in [2.75, 3.05) is 18.4 Å². The predicted octanol–water partition coefficient (Wildman–Crippen LogP) is 3.74. The van der Waals surface area contributed by atoms with Crippen LogP contribution >= 0.6 is 0 Å². The molecule has 1 aromatic heterocycles. The molecule has 1 aromatic carbocycles. The molecule has 1 aliphatic rings. The molecule has 1 aliphatic heterocycles. The summed E-state index contributed by atoms with van der Waals surface area (Å²) in [6.45, 7) is 5.25. The average molecular weight is 359 g/mol. The molecule has 1 saturated heterocycles. The topological polar surface area (TPSA) is 62.3 Å². The lowest BCUT2D eigenvalue weighted by Gasteiger charge is -2.27. The van der Waals surface area contributed by atoms with Crippen LogP contribution in [0.3, 0.4) is 0 Å². The number of hydrogen-bond acceptors (Lipinski definition) is 4. The van der Waals surface area contributed by atoms with E-state index in [4.69, 9.17) is 0 Å². The Kier molecular flexibility index (Phi) is 5.39. The van der Waals surface area contributed by atoms with Gasteiger partial charge >= 0.3 is 0 Å². The predicted molar refractivity (Wildman–Crippen MR) is 100 cm³/mol. The van der Waals surface area contributed by atoms with Crippen LogP contribution in [-0.2, 0) is 10.0 Å². The maximum absolute atomic E-state index is 13.0. The van der Waals surface area contributed by atoms with Crippen molar-refractivity contribution in [2.24, 2.45) is 0 Å². The molecule has 1 fully saturated rings. The molecule has 6 heteroatoms. The Hall–Kier alpha value is -1.92. The SMILES string of the molecule is Cc1ccccc1C(C)Nc1ncccc1S(=O)(=O)N1CCCCC1. The highest BCUT2D eigenvalue weighted by Gasteiger charge is 2.29. The zero-order valence-corrected chi connectivity index (χ0v) is 15.6. The summed E-state index contributed by atoms with van der Waals surface area (Å²) in [5.41, 5.74) is 2.30. The number of anilines is 1. The summed E-state index contributed by atoms with van der Waals surface area (Å²) in [5.74, 6) is 0.420. The van der Waals surface area contributed by atoms with Crippen LogP contribution in [0.25, 0.3) is 0 Å². The lowest BCUT2D eigenvalue weighted by Crippen LogP contribution is -2.36. The minimum atomic E-state index is -3.52. The van der Waals surface area contributed by atoms with E-state index in [-0.39, 0.29) is 10.9 Å². The Labute approximate surface area is 150 Å². The Morgan fingerprint density at radius 2 is 1.80 bits per heavy atom. The Bertz CT molecular complexity index is 830. The lowest BCUT2D eigenvalue weighted by molar-refractivity contribution is 0.346. The highest BCUT2D eigenvalue weighted by atomic mass is 32.2. The normalized spacial score (nSPS) is 17.2. The molecule has 5 nitrogen and oxygen atoms in total. The molecule has 1 unspecified atom stereocenters. The molecule has 25 heavy (non-hydrogen) atoms. The van der Waals surface area contributed by atoms with E-state index in [1.54, 1.807) is 22.6 Å². The van der Waals surface area contributed by atoms with Gasteiger partial charge in [-0.15, -0.1) is 0 Å². The van der Waals surface area contributed by atoms with E-state index in [1.807, 2.05) is 19.1 Å². The van der Waals surface area contributed by atoms with Crippen LogP contribution in [0.2, 0.25) is 0 Å². The van der Waals surface area contributed by atoms with Crippen LogP contribution in [0.4, 0.5) is 5.82 Å². The number of aromatic nitrogens is 1. The third-order valence-electron chi connectivity index (χ3n) is 4.71. The monoisotopic (exact) mass is 359 g/mol. The van der Waals surface area contributed by atoms with Crippen molar-refractivity contribution in [3.8, 4) is 0 Å². The Morgan fingerprint density at radius 1 is 1.08 bits per heavy atom. The highest BCUT2D eigenvalue weighted by Crippen LogP contribution is 2.28. The second-order valence-electron chi connectivity index (χ2n) is 6.54. The van der Waals surface area contributed by atoms with Gasteiger partial charge in [0.15, 0.2) is 0 Å². The van der Waals surface area contributed by atoms with Crippen LogP contribution < -0.4 is 5.32 Å². The second-order valence-corrected chi connectivity index (χ2v) is 8.44. The van der Waals surface area contributed by atoms with E-state index in [1.165, 1.54) is 5.56 Å². The Morgan fingerprint density at radius 3 is 2.52 bits per heavy atom. The first-order chi connectivity index (χ1) is 12.0. The molecule has 0 spiro atoms. The van der Waals surface area contributed by atoms with Gasteiger partial charge in [0.05, 0.1) is 6.04 Å². The molecule has 2 aromatic rings. The number of nitrogens with zero attached hydrogens (tertiary/aromatic N) is 2. The van der Waals surface area contributed by atoms with Crippen LogP contribution in [0.1, 0.15) is 43.4 Å². The molecule has 0 amide bonds. The maximum Gasteiger partial charge on any atom is 0.246 e. The molecule has 0 saturated carbocycles. The number of rotatable bonds is 5. The van der Waals surface area contributed by atoms with Gasteiger partial charge in [0, 0.05) is 19.3 Å². The summed E-state index contributed by atoms with van der Waals surface area (Å²) in [6, 6.07) is 11.4. The summed E-state index contributed by atoms with van der Waals surface area (Å²) < 4.78 is 27.7. The summed E-state index contributed by atoms with van der Waals surface area (Å²) in [7, 11) is -3.52. The highest BCUT2D eigenvalue weighted by molar-refractivity contribution is 7.89. The van der Waals surface area contributed by atoms with E-state index in [9.17, 15) is 8.42 Å². The number of benzene rings is 1. The molecule has 134 valence electrons. The number of pyridine rings is 1. The fourth-order valence-corrected chi connectivity index (χ4v) is 4.93. The number of piperidine rings is 1. The third kappa shape index (κ3) is 3.85. The molecule has 0 radical (unpaired) electrons. The van der Waals surface area contributed by atoms with E-state index in [0.29, 0.717) is 18.9 Å². The number of hydrogen-bond donors (Lipinski definition) is 1. The summed E-state index contributed by atoms with van der Waals surface area (Å²) in [6.07, 6.45) is 4.56. The zero-order valence-electron chi connectivity index (χ0n) is 14.8. The van der Waals surface area contributed by atoms with Gasteiger partial charge in [-0.1, -0.05) is 30.7 Å². The van der Waals surface area contributed by atoms with Crippen LogP contribution in [0.15, 0.2) is 47.5 Å². The summed E-state index contributed by atoms with van der Waals surface area (Å²) in [5, 5.41) is 3.30. The fraction of sp³-hybridized carbons (Fsp3) is 0.421. The first-order valence-corrected chi connectivity index (χ1v) is 10.2. The molecular formula is C19H25N3O2S. The van der Waals surface area contributed by atoms with Crippen molar-refractivity contribution in [3.63, 3.8) is 0 Å². The number of sulfonamides is 1. The van der Waals surface area contributed by atoms with E-state index < -0.39 is 10.0 Å². The van der Waals surface area contributed by atoms with Crippen molar-refractivity contribution in [1.29, 1.82) is 0 Å². The van der Waals surface area contributed by atoms with Crippen molar-refractivity contribution in [3.05, 3.63) is 53.7 Å². The molecule has 1 N–H and O–H groups in total. The fourth-order valence-electron chi connectivity index (χ4n) is 3.31. The standard InChI is InChI=1S/C19H25N3O2S/c1-15-9-4-5-10-17(15)16(2)21-19-18(11-8-12-20-19)25(23,24)22-13-6-3-7-14-22/h4-5,8-12,16H,3,6-7,13-14H2,1-2H3,(H,20,21). The van der Waals surface area contributed by atoms with Crippen molar-refractivity contribution >= 4 is 15.8 Å². The Balaban J connectivity index is 1.90. The minimum absolute atomic E-state index is 0.0357. The van der Waals surface area contributed by atoms with Crippen molar-refractivity contribution in [1.82, 2.24) is 9.29 Å². The molecule has 2 heterocycles. The van der Waals surface area contributed by atoms with Crippen LogP contribution in [0, 0.1) is 6.92 Å². The third-order valence-corrected chi connectivity index (χ3v) is 6.64. The molecule has 1 atom stereocenters. The van der Waals surface area contributed by atoms with Gasteiger partial charge < -0.3 is 5.32 Å². The molecule has 0 aliphatic carbocycles. The van der Waals surface area contributed by atoms with Gasteiger partial charge in [-0.25, -0.2) is 13.4 Å². The van der Waals surface area contributed by atoms with E-state index >= 15 is 0 Å². The number of nitrogens with one attached hydrogen (secondary N) is 1. The first kappa shape index (κ1) is 17.9. The zero-order chi connectivity index (χ0) is 17.9. The van der Waals surface area contributed by atoms with Gasteiger partial charge in [-0.05, 0) is 49.9 Å². The number of aryl methyl sites for hydroxylation is 1. The lowest BCUT2D eigenvalue weighted by atomic mass is 10.0. The van der Waals surface area contributed by atoms with Crippen molar-refractivity contribution < 1.29 is 8.42 Å². The summed E-state index contributed by atoms with van der Waals surface area (Å²) in [4.78, 5) is 4.58. The smallest absolute Gasteiger partial charge is 0.246 e. The van der Waals surface area contributed by atoms with Crippen LogP contribution in [0.5, 0.6) is 0 Å². The first-order valence-electron chi connectivity index (χ1n) is 8.77. The quantitative estimate of drug-likeness (QED) is 0.883. The van der Waals surface area contributed by atoms with Gasteiger partial charge in [-0.2, -0.15) is 4.31 Å². The molecule has 3 rings (SSSR count). The van der Waals surface area contributed by atoms with Crippen molar-refractivity contribution in [2.45, 2.75) is 44.0 Å². The van der Waals surface area contributed by atoms with Gasteiger partial charge in [0.1, 0.15) is 10.7 Å². The molecule has 0 bridgehead atoms. The summed E-state index contributed by atoms with van der Waals surface area (Å²) >= 11 is 0.